The first kappa shape index (κ1) is 16.4. The predicted octanol–water partition coefficient (Wildman–Crippen LogP) is 3.10. The Morgan fingerprint density at radius 2 is 2.24 bits per heavy atom. The average Bonchev–Trinajstić information content (AvgIpc) is 2.43. The molecule has 1 aliphatic heterocycles. The van der Waals surface area contributed by atoms with Crippen LogP contribution in [0.2, 0.25) is 10.0 Å². The summed E-state index contributed by atoms with van der Waals surface area (Å²) < 4.78 is 5.55. The van der Waals surface area contributed by atoms with Gasteiger partial charge in [-0.2, -0.15) is 0 Å². The zero-order valence-corrected chi connectivity index (χ0v) is 13.5. The lowest BCUT2D eigenvalue weighted by Crippen LogP contribution is -2.48. The van der Waals surface area contributed by atoms with Crippen molar-refractivity contribution in [3.05, 3.63) is 28.2 Å². The van der Waals surface area contributed by atoms with Gasteiger partial charge in [0.1, 0.15) is 10.8 Å². The summed E-state index contributed by atoms with van der Waals surface area (Å²) in [5.74, 6) is 0.596. The van der Waals surface area contributed by atoms with E-state index in [1.165, 1.54) is 0 Å². The highest BCUT2D eigenvalue weighted by molar-refractivity contribution is 6.42. The third kappa shape index (κ3) is 4.25. The number of carbonyl (C=O) groups is 1. The van der Waals surface area contributed by atoms with Crippen molar-refractivity contribution in [1.82, 2.24) is 4.90 Å². The van der Waals surface area contributed by atoms with E-state index < -0.39 is 0 Å². The van der Waals surface area contributed by atoms with Gasteiger partial charge < -0.3 is 15.4 Å². The average molecular weight is 331 g/mol. The molecule has 1 amide bonds. The van der Waals surface area contributed by atoms with E-state index in [0.717, 1.165) is 19.4 Å². The summed E-state index contributed by atoms with van der Waals surface area (Å²) in [7, 11) is 0. The van der Waals surface area contributed by atoms with Crippen molar-refractivity contribution in [2.75, 3.05) is 13.2 Å². The molecule has 1 heterocycles. The maximum atomic E-state index is 12.2. The molecule has 6 heteroatoms. The second-order valence-electron chi connectivity index (χ2n) is 5.37. The summed E-state index contributed by atoms with van der Waals surface area (Å²) in [4.78, 5) is 14.1. The number of hydrogen-bond acceptors (Lipinski definition) is 3. The van der Waals surface area contributed by atoms with Crippen molar-refractivity contribution >= 4 is 29.1 Å². The third-order valence-electron chi connectivity index (χ3n) is 3.73. The summed E-state index contributed by atoms with van der Waals surface area (Å²) >= 11 is 11.9. The highest BCUT2D eigenvalue weighted by atomic mass is 35.5. The number of hydrogen-bond donors (Lipinski definition) is 1. The minimum Gasteiger partial charge on any atom is -0.491 e. The normalized spacial score (nSPS) is 22.2. The van der Waals surface area contributed by atoms with Crippen molar-refractivity contribution in [3.8, 4) is 5.75 Å². The van der Waals surface area contributed by atoms with E-state index >= 15 is 0 Å². The molecule has 116 valence electrons. The van der Waals surface area contributed by atoms with Crippen LogP contribution < -0.4 is 10.5 Å². The second-order valence-corrected chi connectivity index (χ2v) is 6.16. The molecule has 0 radical (unpaired) electrons. The number of piperidine rings is 1. The molecule has 1 saturated heterocycles. The maximum absolute atomic E-state index is 12.2. The summed E-state index contributed by atoms with van der Waals surface area (Å²) in [5, 5.41) is 0.822. The van der Waals surface area contributed by atoms with E-state index in [4.69, 9.17) is 33.7 Å². The lowest BCUT2D eigenvalue weighted by Gasteiger charge is -2.36. The van der Waals surface area contributed by atoms with Crippen LogP contribution in [-0.4, -0.2) is 36.0 Å². The molecule has 0 aliphatic carbocycles. The molecule has 21 heavy (non-hydrogen) atoms. The van der Waals surface area contributed by atoms with Crippen LogP contribution in [0.1, 0.15) is 26.2 Å². The Morgan fingerprint density at radius 1 is 1.48 bits per heavy atom. The molecule has 2 N–H and O–H groups in total. The molecule has 0 unspecified atom stereocenters. The van der Waals surface area contributed by atoms with E-state index in [-0.39, 0.29) is 24.6 Å². The van der Waals surface area contributed by atoms with Gasteiger partial charge in [-0.15, -0.1) is 0 Å². The monoisotopic (exact) mass is 330 g/mol. The first-order valence-electron chi connectivity index (χ1n) is 7.11. The Bertz CT molecular complexity index is 510. The minimum absolute atomic E-state index is 0.0903. The Morgan fingerprint density at radius 3 is 2.95 bits per heavy atom. The minimum atomic E-state index is 0.0903. The highest BCUT2D eigenvalue weighted by Gasteiger charge is 2.26. The maximum Gasteiger partial charge on any atom is 0.226 e. The van der Waals surface area contributed by atoms with Gasteiger partial charge in [0.2, 0.25) is 5.91 Å². The topological polar surface area (TPSA) is 55.6 Å². The van der Waals surface area contributed by atoms with Crippen LogP contribution in [0.5, 0.6) is 5.75 Å². The molecule has 0 spiro atoms. The zero-order valence-electron chi connectivity index (χ0n) is 12.0. The molecule has 2 atom stereocenters. The Kier molecular flexibility index (Phi) is 5.73. The van der Waals surface area contributed by atoms with Crippen LogP contribution in [0.4, 0.5) is 0 Å². The van der Waals surface area contributed by atoms with E-state index in [1.807, 2.05) is 11.8 Å². The van der Waals surface area contributed by atoms with E-state index in [1.54, 1.807) is 18.2 Å². The van der Waals surface area contributed by atoms with Crippen molar-refractivity contribution in [2.24, 2.45) is 5.73 Å². The molecule has 1 aliphatic rings. The van der Waals surface area contributed by atoms with E-state index in [2.05, 4.69) is 0 Å². The number of nitrogens with zero attached hydrogens (tertiary/aromatic N) is 1. The number of carbonyl (C=O) groups excluding carboxylic acids is 1. The van der Waals surface area contributed by atoms with Gasteiger partial charge in [0.05, 0.1) is 18.1 Å². The number of benzene rings is 1. The highest BCUT2D eigenvalue weighted by Crippen LogP contribution is 2.31. The molecule has 0 bridgehead atoms. The van der Waals surface area contributed by atoms with Crippen molar-refractivity contribution < 1.29 is 9.53 Å². The van der Waals surface area contributed by atoms with Gasteiger partial charge in [0.15, 0.2) is 0 Å². The lowest BCUT2D eigenvalue weighted by atomic mass is 9.99. The zero-order chi connectivity index (χ0) is 15.4. The predicted molar refractivity (Wildman–Crippen MR) is 85.0 cm³/mol. The van der Waals surface area contributed by atoms with Gasteiger partial charge in [0.25, 0.3) is 0 Å². The Hall–Kier alpha value is -0.970. The van der Waals surface area contributed by atoms with Crippen LogP contribution in [0.15, 0.2) is 18.2 Å². The lowest BCUT2D eigenvalue weighted by molar-refractivity contribution is -0.135. The molecule has 1 aromatic rings. The third-order valence-corrected chi connectivity index (χ3v) is 4.53. The van der Waals surface area contributed by atoms with Gasteiger partial charge >= 0.3 is 0 Å². The van der Waals surface area contributed by atoms with Crippen LogP contribution >= 0.6 is 23.2 Å². The molecule has 2 rings (SSSR count). The fourth-order valence-electron chi connectivity index (χ4n) is 2.57. The summed E-state index contributed by atoms with van der Waals surface area (Å²) in [5.41, 5.74) is 5.90. The largest absolute Gasteiger partial charge is 0.491 e. The standard InChI is InChI=1S/C15H20Cl2N2O2/c1-10-9-11(18)5-7-19(10)14(20)6-8-21-13-4-2-3-12(16)15(13)17/h2-4,10-11H,5-9,18H2,1H3/t10-,11+/m1/s1. The van der Waals surface area contributed by atoms with E-state index in [0.29, 0.717) is 22.2 Å². The molecule has 4 nitrogen and oxygen atoms in total. The summed E-state index contributed by atoms with van der Waals surface area (Å²) in [6, 6.07) is 5.59. The van der Waals surface area contributed by atoms with Crippen LogP contribution in [-0.2, 0) is 4.79 Å². The van der Waals surface area contributed by atoms with Crippen LogP contribution in [0.25, 0.3) is 0 Å². The fourth-order valence-corrected chi connectivity index (χ4v) is 2.91. The molecular formula is C15H20Cl2N2O2. The number of likely N-dealkylation sites (tertiary alicyclic amines) is 1. The number of amides is 1. The molecule has 1 fully saturated rings. The second kappa shape index (κ2) is 7.34. The quantitative estimate of drug-likeness (QED) is 0.922. The van der Waals surface area contributed by atoms with Crippen molar-refractivity contribution in [2.45, 2.75) is 38.3 Å². The Balaban J connectivity index is 1.83. The summed E-state index contributed by atoms with van der Waals surface area (Å²) in [6.07, 6.45) is 2.03. The number of rotatable bonds is 4. The van der Waals surface area contributed by atoms with Gasteiger partial charge in [-0.25, -0.2) is 0 Å². The van der Waals surface area contributed by atoms with Crippen LogP contribution in [0, 0.1) is 0 Å². The number of halogens is 2. The van der Waals surface area contributed by atoms with Crippen molar-refractivity contribution in [3.63, 3.8) is 0 Å². The fraction of sp³-hybridized carbons (Fsp3) is 0.533. The molecular weight excluding hydrogens is 311 g/mol. The molecule has 0 saturated carbocycles. The number of ether oxygens (including phenoxy) is 1. The number of nitrogens with two attached hydrogens (primary N) is 1. The Labute approximate surface area is 135 Å². The SMILES string of the molecule is C[C@@H]1C[C@@H](N)CCN1C(=O)CCOc1cccc(Cl)c1Cl. The molecule has 1 aromatic carbocycles. The molecule has 0 aromatic heterocycles. The first-order valence-corrected chi connectivity index (χ1v) is 7.86. The smallest absolute Gasteiger partial charge is 0.226 e. The van der Waals surface area contributed by atoms with Crippen molar-refractivity contribution in [1.29, 1.82) is 0 Å². The first-order chi connectivity index (χ1) is 9.99. The van der Waals surface area contributed by atoms with Gasteiger partial charge in [-0.3, -0.25) is 4.79 Å². The van der Waals surface area contributed by atoms with E-state index in [9.17, 15) is 4.79 Å². The van der Waals surface area contributed by atoms with Gasteiger partial charge in [-0.1, -0.05) is 29.3 Å². The summed E-state index contributed by atoms with van der Waals surface area (Å²) in [6.45, 7) is 3.04. The van der Waals surface area contributed by atoms with Crippen LogP contribution in [0.3, 0.4) is 0 Å². The van der Waals surface area contributed by atoms with Gasteiger partial charge in [0, 0.05) is 18.6 Å². The van der Waals surface area contributed by atoms with Gasteiger partial charge in [-0.05, 0) is 31.9 Å².